The van der Waals surface area contributed by atoms with Crippen molar-refractivity contribution in [1.82, 2.24) is 0 Å². The smallest absolute Gasteiger partial charge is 0.339 e. The largest absolute Gasteiger partial charge is 0.473 e. The predicted octanol–water partition coefficient (Wildman–Crippen LogP) is 4.33. The third-order valence-electron chi connectivity index (χ3n) is 4.99. The number of benzene rings is 2. The van der Waals surface area contributed by atoms with Crippen LogP contribution in [0.3, 0.4) is 0 Å². The van der Waals surface area contributed by atoms with E-state index in [-0.39, 0.29) is 5.63 Å². The molecule has 25 heavy (non-hydrogen) atoms. The molecule has 2 heterocycles. The van der Waals surface area contributed by atoms with E-state index in [1.165, 1.54) is 5.56 Å². The Morgan fingerprint density at radius 1 is 1.08 bits per heavy atom. The monoisotopic (exact) mass is 335 g/mol. The molecule has 0 fully saturated rings. The number of rotatable bonds is 2. The molecule has 0 saturated heterocycles. The van der Waals surface area contributed by atoms with Gasteiger partial charge in [-0.2, -0.15) is 0 Å². The molecule has 0 aliphatic carbocycles. The Hall–Kier alpha value is -2.75. The first kappa shape index (κ1) is 15.8. The van der Waals surface area contributed by atoms with Gasteiger partial charge in [-0.25, -0.2) is 4.79 Å². The summed E-state index contributed by atoms with van der Waals surface area (Å²) in [5.74, 6) is 0.794. The second-order valence-electron chi connectivity index (χ2n) is 6.57. The molecule has 0 spiro atoms. The number of nitrogens with zero attached hydrogens (tertiary/aromatic N) is 1. The lowest BCUT2D eigenvalue weighted by atomic mass is 10.0. The van der Waals surface area contributed by atoms with Crippen LogP contribution >= 0.6 is 0 Å². The fraction of sp³-hybridized carbons (Fsp3) is 0.286. The van der Waals surface area contributed by atoms with Crippen LogP contribution in [-0.4, -0.2) is 6.73 Å². The second-order valence-corrected chi connectivity index (χ2v) is 6.57. The summed E-state index contributed by atoms with van der Waals surface area (Å²) in [4.78, 5) is 14.5. The zero-order chi connectivity index (χ0) is 17.6. The topological polar surface area (TPSA) is 42.7 Å². The van der Waals surface area contributed by atoms with Crippen molar-refractivity contribution in [3.8, 4) is 5.75 Å². The van der Waals surface area contributed by atoms with E-state index in [1.807, 2.05) is 26.0 Å². The van der Waals surface area contributed by atoms with Crippen molar-refractivity contribution in [3.63, 3.8) is 0 Å². The van der Waals surface area contributed by atoms with Crippen LogP contribution in [0.2, 0.25) is 0 Å². The lowest BCUT2D eigenvalue weighted by Gasteiger charge is -2.31. The standard InChI is InChI=1S/C21H21NO3/c1-4-16-14(3)17-9-10-19-18(20(17)25-21(16)23)11-22(12-24-19)15-7-5-13(2)6-8-15/h5-10H,4,11-12H2,1-3H3. The van der Waals surface area contributed by atoms with Gasteiger partial charge in [0, 0.05) is 16.6 Å². The predicted molar refractivity (Wildman–Crippen MR) is 99.5 cm³/mol. The first-order valence-corrected chi connectivity index (χ1v) is 8.61. The van der Waals surface area contributed by atoms with Crippen molar-refractivity contribution in [2.45, 2.75) is 33.7 Å². The van der Waals surface area contributed by atoms with Gasteiger partial charge in [-0.1, -0.05) is 24.6 Å². The Kier molecular flexibility index (Phi) is 3.75. The van der Waals surface area contributed by atoms with Gasteiger partial charge in [-0.15, -0.1) is 0 Å². The maximum atomic E-state index is 12.3. The minimum absolute atomic E-state index is 0.242. The summed E-state index contributed by atoms with van der Waals surface area (Å²) in [6, 6.07) is 12.3. The quantitative estimate of drug-likeness (QED) is 0.654. The first-order chi connectivity index (χ1) is 12.1. The molecule has 128 valence electrons. The lowest BCUT2D eigenvalue weighted by Crippen LogP contribution is -2.32. The van der Waals surface area contributed by atoms with E-state index in [0.717, 1.165) is 33.5 Å². The molecule has 0 saturated carbocycles. The maximum absolute atomic E-state index is 12.3. The molecule has 1 aromatic heterocycles. The molecule has 0 unspecified atom stereocenters. The minimum Gasteiger partial charge on any atom is -0.473 e. The van der Waals surface area contributed by atoms with Crippen LogP contribution in [0.15, 0.2) is 45.6 Å². The molecule has 4 heteroatoms. The maximum Gasteiger partial charge on any atom is 0.339 e. The van der Waals surface area contributed by atoms with Crippen LogP contribution in [0.4, 0.5) is 5.69 Å². The van der Waals surface area contributed by atoms with E-state index in [2.05, 4.69) is 36.1 Å². The summed E-state index contributed by atoms with van der Waals surface area (Å²) < 4.78 is 11.6. The number of hydrogen-bond acceptors (Lipinski definition) is 4. The van der Waals surface area contributed by atoms with Gasteiger partial charge in [0.25, 0.3) is 0 Å². The fourth-order valence-corrected chi connectivity index (χ4v) is 3.49. The Bertz CT molecular complexity index is 1000. The minimum atomic E-state index is -0.242. The summed E-state index contributed by atoms with van der Waals surface area (Å²) in [5.41, 5.74) is 5.41. The van der Waals surface area contributed by atoms with Crippen molar-refractivity contribution in [2.24, 2.45) is 0 Å². The molecular formula is C21H21NO3. The molecule has 0 bridgehead atoms. The summed E-state index contributed by atoms with van der Waals surface area (Å²) in [6.45, 7) is 7.18. The van der Waals surface area contributed by atoms with Gasteiger partial charge in [0.15, 0.2) is 6.73 Å². The Labute approximate surface area is 146 Å². The molecule has 3 aromatic rings. The number of hydrogen-bond donors (Lipinski definition) is 0. The van der Waals surface area contributed by atoms with E-state index in [1.54, 1.807) is 0 Å². The molecular weight excluding hydrogens is 314 g/mol. The van der Waals surface area contributed by atoms with Crippen LogP contribution < -0.4 is 15.3 Å². The van der Waals surface area contributed by atoms with Crippen molar-refractivity contribution in [2.75, 3.05) is 11.6 Å². The molecule has 0 radical (unpaired) electrons. The normalized spacial score (nSPS) is 13.6. The highest BCUT2D eigenvalue weighted by Crippen LogP contribution is 2.35. The Balaban J connectivity index is 1.84. The highest BCUT2D eigenvalue weighted by molar-refractivity contribution is 5.86. The third kappa shape index (κ3) is 2.58. The van der Waals surface area contributed by atoms with Crippen molar-refractivity contribution >= 4 is 16.7 Å². The molecule has 2 aromatic carbocycles. The van der Waals surface area contributed by atoms with Crippen LogP contribution in [0.25, 0.3) is 11.0 Å². The summed E-state index contributed by atoms with van der Waals surface area (Å²) in [5, 5.41) is 0.990. The van der Waals surface area contributed by atoms with Crippen molar-refractivity contribution < 1.29 is 9.15 Å². The van der Waals surface area contributed by atoms with Gasteiger partial charge >= 0.3 is 5.63 Å². The van der Waals surface area contributed by atoms with Crippen molar-refractivity contribution in [1.29, 1.82) is 0 Å². The number of ether oxygens (including phenoxy) is 1. The molecule has 1 aliphatic rings. The molecule has 4 rings (SSSR count). The summed E-state index contributed by atoms with van der Waals surface area (Å²) >= 11 is 0. The van der Waals surface area contributed by atoms with Crippen LogP contribution in [0.5, 0.6) is 5.75 Å². The Morgan fingerprint density at radius 2 is 1.84 bits per heavy atom. The number of aryl methyl sites for hydroxylation is 2. The van der Waals surface area contributed by atoms with Gasteiger partial charge in [-0.05, 0) is 50.1 Å². The van der Waals surface area contributed by atoms with Gasteiger partial charge in [-0.3, -0.25) is 0 Å². The van der Waals surface area contributed by atoms with E-state index in [0.29, 0.717) is 25.3 Å². The zero-order valence-electron chi connectivity index (χ0n) is 14.8. The van der Waals surface area contributed by atoms with Gasteiger partial charge in [0.2, 0.25) is 0 Å². The van der Waals surface area contributed by atoms with E-state index in [4.69, 9.17) is 9.15 Å². The SMILES string of the molecule is CCc1c(C)c2ccc3c(c2oc1=O)CN(c1ccc(C)cc1)CO3. The first-order valence-electron chi connectivity index (χ1n) is 8.61. The van der Waals surface area contributed by atoms with E-state index < -0.39 is 0 Å². The lowest BCUT2D eigenvalue weighted by molar-refractivity contribution is 0.289. The molecule has 0 atom stereocenters. The third-order valence-corrected chi connectivity index (χ3v) is 4.99. The molecule has 4 nitrogen and oxygen atoms in total. The average molecular weight is 335 g/mol. The van der Waals surface area contributed by atoms with E-state index in [9.17, 15) is 4.79 Å². The number of fused-ring (bicyclic) bond motifs is 3. The van der Waals surface area contributed by atoms with Gasteiger partial charge < -0.3 is 14.1 Å². The summed E-state index contributed by atoms with van der Waals surface area (Å²) in [7, 11) is 0. The highest BCUT2D eigenvalue weighted by Gasteiger charge is 2.23. The molecule has 1 aliphatic heterocycles. The fourth-order valence-electron chi connectivity index (χ4n) is 3.49. The molecule has 0 N–H and O–H groups in total. The second kappa shape index (κ2) is 5.96. The van der Waals surface area contributed by atoms with Crippen LogP contribution in [0, 0.1) is 13.8 Å². The van der Waals surface area contributed by atoms with Crippen LogP contribution in [-0.2, 0) is 13.0 Å². The van der Waals surface area contributed by atoms with Crippen LogP contribution in [0.1, 0.15) is 29.2 Å². The molecule has 0 amide bonds. The Morgan fingerprint density at radius 3 is 2.56 bits per heavy atom. The van der Waals surface area contributed by atoms with Gasteiger partial charge in [0.1, 0.15) is 11.3 Å². The highest BCUT2D eigenvalue weighted by atomic mass is 16.5. The van der Waals surface area contributed by atoms with Gasteiger partial charge in [0.05, 0.1) is 12.1 Å². The van der Waals surface area contributed by atoms with Crippen molar-refractivity contribution in [3.05, 3.63) is 69.1 Å². The average Bonchev–Trinajstić information content (AvgIpc) is 2.62. The van der Waals surface area contributed by atoms with E-state index >= 15 is 0 Å². The zero-order valence-corrected chi connectivity index (χ0v) is 14.8. The summed E-state index contributed by atoms with van der Waals surface area (Å²) in [6.07, 6.45) is 0.674. The number of anilines is 1.